The highest BCUT2D eigenvalue weighted by atomic mass is 16.4. The molecule has 9 nitrogen and oxygen atoms in total. The average Bonchev–Trinajstić information content (AvgIpc) is 2.59. The van der Waals surface area contributed by atoms with Gasteiger partial charge in [-0.2, -0.15) is 0 Å². The number of nitrogens with zero attached hydrogens (tertiary/aromatic N) is 2. The van der Waals surface area contributed by atoms with E-state index in [1.54, 1.807) is 30.3 Å². The van der Waals surface area contributed by atoms with Crippen LogP contribution in [0.2, 0.25) is 0 Å². The Morgan fingerprint density at radius 1 is 1.16 bits per heavy atom. The van der Waals surface area contributed by atoms with Crippen molar-refractivity contribution in [3.63, 3.8) is 0 Å². The smallest absolute Gasteiger partial charge is 0.334 e. The van der Waals surface area contributed by atoms with Crippen LogP contribution >= 0.6 is 0 Å². The number of carbonyl (C=O) groups is 2. The number of aromatic hydroxyl groups is 1. The van der Waals surface area contributed by atoms with Crippen molar-refractivity contribution >= 4 is 11.8 Å². The van der Waals surface area contributed by atoms with Gasteiger partial charge >= 0.3 is 11.7 Å². The second-order valence-electron chi connectivity index (χ2n) is 5.28. The summed E-state index contributed by atoms with van der Waals surface area (Å²) in [7, 11) is 0. The van der Waals surface area contributed by atoms with E-state index < -0.39 is 40.5 Å². The number of carboxylic acids is 1. The summed E-state index contributed by atoms with van der Waals surface area (Å²) in [6.45, 7) is 1.35. The number of hydrogen-bond acceptors (Lipinski definition) is 6. The van der Waals surface area contributed by atoms with Gasteiger partial charge in [0.15, 0.2) is 6.04 Å². The number of benzene rings is 1. The fraction of sp³-hybridized carbons (Fsp3) is 0.250. The van der Waals surface area contributed by atoms with Crippen molar-refractivity contribution in [2.75, 3.05) is 0 Å². The molecule has 0 aliphatic heterocycles. The van der Waals surface area contributed by atoms with Crippen molar-refractivity contribution in [3.05, 3.63) is 62.3 Å². The Hall–Kier alpha value is -3.20. The van der Waals surface area contributed by atoms with Crippen LogP contribution in [0.3, 0.4) is 0 Å². The highest BCUT2D eigenvalue weighted by molar-refractivity contribution is 6.12. The molecule has 1 heterocycles. The zero-order valence-electron chi connectivity index (χ0n) is 13.4. The Balaban J connectivity index is 2.71. The summed E-state index contributed by atoms with van der Waals surface area (Å²) < 4.78 is 1.58. The van der Waals surface area contributed by atoms with E-state index in [0.29, 0.717) is 5.56 Å². The van der Waals surface area contributed by atoms with Crippen LogP contribution in [0.4, 0.5) is 0 Å². The van der Waals surface area contributed by atoms with Crippen LogP contribution in [0.25, 0.3) is 0 Å². The summed E-state index contributed by atoms with van der Waals surface area (Å²) in [6, 6.07) is 6.57. The van der Waals surface area contributed by atoms with Gasteiger partial charge in [0.05, 0.1) is 6.54 Å². The molecule has 2 rings (SSSR count). The lowest BCUT2D eigenvalue weighted by molar-refractivity contribution is -0.137. The molecule has 25 heavy (non-hydrogen) atoms. The van der Waals surface area contributed by atoms with Gasteiger partial charge in [0.1, 0.15) is 5.56 Å². The van der Waals surface area contributed by atoms with Gasteiger partial charge in [0.2, 0.25) is 11.7 Å². The molecule has 4 N–H and O–H groups in total. The Kier molecular flexibility index (Phi) is 5.18. The Morgan fingerprint density at radius 2 is 1.76 bits per heavy atom. The number of rotatable bonds is 6. The SMILES string of the molecule is CCn1c(=O)c(C(=O)C(N)C(=O)O)c(O)n(Cc2ccccc2)c1=O. The maximum Gasteiger partial charge on any atom is 0.334 e. The number of aromatic nitrogens is 2. The highest BCUT2D eigenvalue weighted by Gasteiger charge is 2.31. The second kappa shape index (κ2) is 7.14. The molecule has 0 aliphatic carbocycles. The topological polar surface area (TPSA) is 145 Å². The molecule has 1 unspecified atom stereocenters. The van der Waals surface area contributed by atoms with E-state index in [9.17, 15) is 24.3 Å². The van der Waals surface area contributed by atoms with E-state index in [4.69, 9.17) is 10.8 Å². The lowest BCUT2D eigenvalue weighted by atomic mass is 10.1. The minimum Gasteiger partial charge on any atom is -0.494 e. The maximum atomic E-state index is 12.4. The van der Waals surface area contributed by atoms with Gasteiger partial charge in [0, 0.05) is 6.54 Å². The summed E-state index contributed by atoms with van der Waals surface area (Å²) in [5.41, 5.74) is 3.21. The number of aliphatic carboxylic acids is 1. The molecule has 0 radical (unpaired) electrons. The number of Topliss-reactive ketones (excluding diaryl/α,β-unsaturated/α-hetero) is 1. The van der Waals surface area contributed by atoms with Crippen LogP contribution in [0.15, 0.2) is 39.9 Å². The first kappa shape index (κ1) is 18.1. The van der Waals surface area contributed by atoms with Gasteiger partial charge in [-0.3, -0.25) is 23.5 Å². The molecule has 1 aromatic carbocycles. The quantitative estimate of drug-likeness (QED) is 0.466. The monoisotopic (exact) mass is 347 g/mol. The number of hydrogen-bond donors (Lipinski definition) is 3. The summed E-state index contributed by atoms with van der Waals surface area (Å²) >= 11 is 0. The van der Waals surface area contributed by atoms with Crippen LogP contribution in [0, 0.1) is 0 Å². The Labute approximate surface area is 141 Å². The number of ketones is 1. The Bertz CT molecular complexity index is 929. The Morgan fingerprint density at radius 3 is 2.28 bits per heavy atom. The molecule has 9 heteroatoms. The van der Waals surface area contributed by atoms with Crippen LogP contribution in [-0.2, 0) is 17.9 Å². The molecule has 0 amide bonds. The van der Waals surface area contributed by atoms with E-state index in [2.05, 4.69) is 0 Å². The van der Waals surface area contributed by atoms with Gasteiger partial charge in [-0.25, -0.2) is 4.79 Å². The van der Waals surface area contributed by atoms with E-state index >= 15 is 0 Å². The summed E-state index contributed by atoms with van der Waals surface area (Å²) in [4.78, 5) is 47.9. The minimum absolute atomic E-state index is 0.0602. The van der Waals surface area contributed by atoms with Crippen LogP contribution in [0.1, 0.15) is 22.8 Å². The third kappa shape index (κ3) is 3.36. The van der Waals surface area contributed by atoms with Crippen molar-refractivity contribution in [2.24, 2.45) is 5.73 Å². The second-order valence-corrected chi connectivity index (χ2v) is 5.28. The first-order valence-corrected chi connectivity index (χ1v) is 7.42. The van der Waals surface area contributed by atoms with Gasteiger partial charge in [0.25, 0.3) is 5.56 Å². The van der Waals surface area contributed by atoms with Crippen molar-refractivity contribution < 1.29 is 19.8 Å². The minimum atomic E-state index is -2.02. The first-order chi connectivity index (χ1) is 11.8. The lowest BCUT2D eigenvalue weighted by Crippen LogP contribution is -2.46. The zero-order chi connectivity index (χ0) is 18.7. The summed E-state index contributed by atoms with van der Waals surface area (Å²) in [6.07, 6.45) is 0. The predicted octanol–water partition coefficient (Wildman–Crippen LogP) is -0.622. The van der Waals surface area contributed by atoms with Gasteiger partial charge in [-0.15, -0.1) is 0 Å². The van der Waals surface area contributed by atoms with E-state index in [1.807, 2.05) is 0 Å². The van der Waals surface area contributed by atoms with Crippen LogP contribution < -0.4 is 17.0 Å². The molecule has 0 aliphatic rings. The molecule has 132 valence electrons. The van der Waals surface area contributed by atoms with Gasteiger partial charge in [-0.1, -0.05) is 30.3 Å². The average molecular weight is 347 g/mol. The third-order valence-electron chi connectivity index (χ3n) is 3.69. The van der Waals surface area contributed by atoms with E-state index in [-0.39, 0.29) is 13.1 Å². The van der Waals surface area contributed by atoms with Crippen LogP contribution in [-0.4, -0.2) is 37.1 Å². The molecule has 0 bridgehead atoms. The fourth-order valence-electron chi connectivity index (χ4n) is 2.36. The molecular formula is C16H17N3O6. The first-order valence-electron chi connectivity index (χ1n) is 7.42. The molecule has 0 saturated carbocycles. The molecule has 2 aromatic rings. The van der Waals surface area contributed by atoms with Crippen molar-refractivity contribution in [1.82, 2.24) is 9.13 Å². The zero-order valence-corrected chi connectivity index (χ0v) is 13.4. The summed E-state index contributed by atoms with van der Waals surface area (Å²) in [5, 5.41) is 19.2. The van der Waals surface area contributed by atoms with E-state index in [1.165, 1.54) is 6.92 Å². The number of carboxylic acid groups (broad SMARTS) is 1. The molecule has 1 aromatic heterocycles. The summed E-state index contributed by atoms with van der Waals surface area (Å²) in [5.74, 6) is -3.81. The van der Waals surface area contributed by atoms with Gasteiger partial charge in [-0.05, 0) is 12.5 Å². The predicted molar refractivity (Wildman–Crippen MR) is 87.8 cm³/mol. The molecule has 0 fully saturated rings. The van der Waals surface area contributed by atoms with Crippen molar-refractivity contribution in [1.29, 1.82) is 0 Å². The van der Waals surface area contributed by atoms with E-state index in [0.717, 1.165) is 9.13 Å². The normalized spacial score (nSPS) is 11.9. The van der Waals surface area contributed by atoms with Crippen molar-refractivity contribution in [3.8, 4) is 5.88 Å². The molecule has 0 spiro atoms. The molecular weight excluding hydrogens is 330 g/mol. The van der Waals surface area contributed by atoms with Crippen molar-refractivity contribution in [2.45, 2.75) is 26.1 Å². The van der Waals surface area contributed by atoms with Gasteiger partial charge < -0.3 is 15.9 Å². The molecule has 0 saturated heterocycles. The maximum absolute atomic E-state index is 12.4. The third-order valence-corrected chi connectivity index (χ3v) is 3.69. The van der Waals surface area contributed by atoms with Crippen LogP contribution in [0.5, 0.6) is 5.88 Å². The highest BCUT2D eigenvalue weighted by Crippen LogP contribution is 2.15. The number of nitrogens with two attached hydrogens (primary N) is 1. The lowest BCUT2D eigenvalue weighted by Gasteiger charge is -2.15. The fourth-order valence-corrected chi connectivity index (χ4v) is 2.36. The standard InChI is InChI=1S/C16H17N3O6/c1-2-18-13(21)10(12(20)11(17)15(23)24)14(22)19(16(18)25)8-9-6-4-3-5-7-9/h3-7,11,22H,2,8,17H2,1H3,(H,23,24). The molecule has 1 atom stereocenters. The largest absolute Gasteiger partial charge is 0.494 e. The number of carbonyl (C=O) groups excluding carboxylic acids is 1.